The van der Waals surface area contributed by atoms with Gasteiger partial charge in [-0.25, -0.2) is 4.98 Å². The van der Waals surface area contributed by atoms with E-state index in [0.717, 1.165) is 64.8 Å². The van der Waals surface area contributed by atoms with Crippen molar-refractivity contribution in [3.8, 4) is 5.88 Å². The van der Waals surface area contributed by atoms with Gasteiger partial charge in [0, 0.05) is 38.2 Å². The van der Waals surface area contributed by atoms with E-state index in [1.165, 1.54) is 0 Å². The fraction of sp³-hybridized carbons (Fsp3) is 0.684. The summed E-state index contributed by atoms with van der Waals surface area (Å²) in [5.41, 5.74) is 0.640. The second kappa shape index (κ2) is 10.3. The molecule has 0 aromatic carbocycles. The van der Waals surface area contributed by atoms with Crippen LogP contribution in [-0.4, -0.2) is 48.2 Å². The lowest BCUT2D eigenvalue weighted by Crippen LogP contribution is -2.33. The van der Waals surface area contributed by atoms with Crippen LogP contribution in [0.4, 0.5) is 0 Å². The maximum absolute atomic E-state index is 12.7. The monoisotopic (exact) mass is 334 g/mol. The number of carbonyl (C=O) groups excluding carboxylic acids is 1. The Kier molecular flexibility index (Phi) is 8.02. The molecule has 1 aliphatic rings. The molecule has 0 unspecified atom stereocenters. The number of unbranched alkanes of at least 4 members (excludes halogenated alkanes) is 2. The molecule has 0 atom stereocenters. The Balaban J connectivity index is 1.94. The quantitative estimate of drug-likeness (QED) is 0.691. The molecule has 5 nitrogen and oxygen atoms in total. The van der Waals surface area contributed by atoms with Crippen molar-refractivity contribution in [3.05, 3.63) is 23.9 Å². The van der Waals surface area contributed by atoms with E-state index >= 15 is 0 Å². The molecular weight excluding hydrogens is 304 g/mol. The topological polar surface area (TPSA) is 51.7 Å². The summed E-state index contributed by atoms with van der Waals surface area (Å²) in [5, 5.41) is 0. The molecule has 2 heterocycles. The van der Waals surface area contributed by atoms with Gasteiger partial charge >= 0.3 is 0 Å². The van der Waals surface area contributed by atoms with Gasteiger partial charge in [-0.05, 0) is 18.9 Å². The summed E-state index contributed by atoms with van der Waals surface area (Å²) in [5.74, 6) is 0.661. The van der Waals surface area contributed by atoms with Crippen molar-refractivity contribution in [2.75, 3.05) is 26.3 Å². The third kappa shape index (κ3) is 5.78. The minimum absolute atomic E-state index is 0.0713. The number of hydrogen-bond donors (Lipinski definition) is 0. The number of aromatic nitrogens is 1. The highest BCUT2D eigenvalue weighted by atomic mass is 16.5. The lowest BCUT2D eigenvalue weighted by atomic mass is 10.1. The molecule has 0 radical (unpaired) electrons. The Morgan fingerprint density at radius 1 is 1.21 bits per heavy atom. The van der Waals surface area contributed by atoms with Crippen molar-refractivity contribution in [3.63, 3.8) is 0 Å². The van der Waals surface area contributed by atoms with Gasteiger partial charge < -0.3 is 14.4 Å². The van der Waals surface area contributed by atoms with Crippen molar-refractivity contribution < 1.29 is 14.3 Å². The highest BCUT2D eigenvalue weighted by Crippen LogP contribution is 2.17. The standard InChI is InChI=1S/C19H30N2O3/c1-3-5-11-21(12-6-4-2)19(22)16-7-8-18(20-15-16)24-17-9-13-23-14-10-17/h7-8,15,17H,3-6,9-14H2,1-2H3. The number of carbonyl (C=O) groups is 1. The maximum atomic E-state index is 12.7. The minimum atomic E-state index is 0.0713. The summed E-state index contributed by atoms with van der Waals surface area (Å²) >= 11 is 0. The van der Waals surface area contributed by atoms with Gasteiger partial charge in [0.05, 0.1) is 18.8 Å². The number of nitrogens with zero attached hydrogens (tertiary/aromatic N) is 2. The lowest BCUT2D eigenvalue weighted by molar-refractivity contribution is 0.0237. The number of rotatable bonds is 9. The molecule has 0 N–H and O–H groups in total. The third-order valence-electron chi connectivity index (χ3n) is 4.29. The minimum Gasteiger partial charge on any atom is -0.474 e. The zero-order valence-electron chi connectivity index (χ0n) is 15.0. The molecule has 1 aliphatic heterocycles. The summed E-state index contributed by atoms with van der Waals surface area (Å²) in [6.07, 6.45) is 7.84. The largest absolute Gasteiger partial charge is 0.474 e. The molecule has 1 aromatic rings. The zero-order valence-corrected chi connectivity index (χ0v) is 15.0. The first-order chi connectivity index (χ1) is 11.7. The second-order valence-corrected chi connectivity index (χ2v) is 6.31. The van der Waals surface area contributed by atoms with Gasteiger partial charge in [-0.1, -0.05) is 26.7 Å². The number of pyridine rings is 1. The first-order valence-electron chi connectivity index (χ1n) is 9.24. The second-order valence-electron chi connectivity index (χ2n) is 6.31. The maximum Gasteiger partial charge on any atom is 0.255 e. The Labute approximate surface area is 145 Å². The van der Waals surface area contributed by atoms with E-state index in [9.17, 15) is 4.79 Å². The average Bonchev–Trinajstić information content (AvgIpc) is 2.63. The van der Waals surface area contributed by atoms with Gasteiger partial charge in [0.2, 0.25) is 5.88 Å². The highest BCUT2D eigenvalue weighted by Gasteiger charge is 2.18. The smallest absolute Gasteiger partial charge is 0.255 e. The van der Waals surface area contributed by atoms with Gasteiger partial charge in [-0.3, -0.25) is 4.79 Å². The predicted octanol–water partition coefficient (Wildman–Crippen LogP) is 3.68. The molecular formula is C19H30N2O3. The lowest BCUT2D eigenvalue weighted by Gasteiger charge is -2.23. The summed E-state index contributed by atoms with van der Waals surface area (Å²) < 4.78 is 11.2. The normalized spacial score (nSPS) is 15.2. The highest BCUT2D eigenvalue weighted by molar-refractivity contribution is 5.93. The van der Waals surface area contributed by atoms with Crippen LogP contribution in [0.2, 0.25) is 0 Å². The van der Waals surface area contributed by atoms with Crippen LogP contribution >= 0.6 is 0 Å². The molecule has 1 aromatic heterocycles. The molecule has 1 amide bonds. The first kappa shape index (κ1) is 18.7. The van der Waals surface area contributed by atoms with E-state index in [-0.39, 0.29) is 12.0 Å². The van der Waals surface area contributed by atoms with Crippen molar-refractivity contribution in [2.24, 2.45) is 0 Å². The number of amides is 1. The molecule has 134 valence electrons. The molecule has 0 spiro atoms. The van der Waals surface area contributed by atoms with Crippen LogP contribution in [0, 0.1) is 0 Å². The average molecular weight is 334 g/mol. The Bertz CT molecular complexity index is 476. The molecule has 24 heavy (non-hydrogen) atoms. The molecule has 1 saturated heterocycles. The van der Waals surface area contributed by atoms with Crippen LogP contribution < -0.4 is 4.74 Å². The van der Waals surface area contributed by atoms with Crippen molar-refractivity contribution >= 4 is 5.91 Å². The molecule has 5 heteroatoms. The molecule has 1 fully saturated rings. The van der Waals surface area contributed by atoms with E-state index in [4.69, 9.17) is 9.47 Å². The number of hydrogen-bond acceptors (Lipinski definition) is 4. The SMILES string of the molecule is CCCCN(CCCC)C(=O)c1ccc(OC2CCOCC2)nc1. The summed E-state index contributed by atoms with van der Waals surface area (Å²) in [6.45, 7) is 7.40. The first-order valence-corrected chi connectivity index (χ1v) is 9.24. The van der Waals surface area contributed by atoms with Crippen molar-refractivity contribution in [1.29, 1.82) is 0 Å². The molecule has 0 aliphatic carbocycles. The third-order valence-corrected chi connectivity index (χ3v) is 4.29. The predicted molar refractivity (Wildman–Crippen MR) is 94.4 cm³/mol. The van der Waals surface area contributed by atoms with Crippen LogP contribution in [0.25, 0.3) is 0 Å². The molecule has 0 saturated carbocycles. The van der Waals surface area contributed by atoms with Crippen LogP contribution in [0.15, 0.2) is 18.3 Å². The van der Waals surface area contributed by atoms with E-state index in [0.29, 0.717) is 11.4 Å². The van der Waals surface area contributed by atoms with Crippen LogP contribution in [-0.2, 0) is 4.74 Å². The number of ether oxygens (including phenoxy) is 2. The van der Waals surface area contributed by atoms with Crippen LogP contribution in [0.3, 0.4) is 0 Å². The van der Waals surface area contributed by atoms with Gasteiger partial charge in [0.1, 0.15) is 6.10 Å². The van der Waals surface area contributed by atoms with Crippen LogP contribution in [0.5, 0.6) is 5.88 Å². The summed E-state index contributed by atoms with van der Waals surface area (Å²) in [6, 6.07) is 3.63. The van der Waals surface area contributed by atoms with Gasteiger partial charge in [-0.2, -0.15) is 0 Å². The Morgan fingerprint density at radius 3 is 2.42 bits per heavy atom. The van der Waals surface area contributed by atoms with E-state index in [1.807, 2.05) is 11.0 Å². The molecule has 0 bridgehead atoms. The van der Waals surface area contributed by atoms with Gasteiger partial charge in [-0.15, -0.1) is 0 Å². The fourth-order valence-electron chi connectivity index (χ4n) is 2.74. The summed E-state index contributed by atoms with van der Waals surface area (Å²) in [7, 11) is 0. The molecule has 2 rings (SSSR count). The Hall–Kier alpha value is -1.62. The van der Waals surface area contributed by atoms with E-state index < -0.39 is 0 Å². The summed E-state index contributed by atoms with van der Waals surface area (Å²) in [4.78, 5) is 19.0. The van der Waals surface area contributed by atoms with Gasteiger partial charge in [0.25, 0.3) is 5.91 Å². The van der Waals surface area contributed by atoms with Crippen molar-refractivity contribution in [1.82, 2.24) is 9.88 Å². The van der Waals surface area contributed by atoms with E-state index in [1.54, 1.807) is 12.3 Å². The van der Waals surface area contributed by atoms with Crippen LogP contribution in [0.1, 0.15) is 62.7 Å². The fourth-order valence-corrected chi connectivity index (χ4v) is 2.74. The Morgan fingerprint density at radius 2 is 1.88 bits per heavy atom. The van der Waals surface area contributed by atoms with Crippen molar-refractivity contribution in [2.45, 2.75) is 58.5 Å². The van der Waals surface area contributed by atoms with E-state index in [2.05, 4.69) is 18.8 Å². The van der Waals surface area contributed by atoms with Gasteiger partial charge in [0.15, 0.2) is 0 Å². The zero-order chi connectivity index (χ0) is 17.2.